The third kappa shape index (κ3) is 1.70. The van der Waals surface area contributed by atoms with Gasteiger partial charge >= 0.3 is 0 Å². The fraction of sp³-hybridized carbons (Fsp3) is 0.231. The van der Waals surface area contributed by atoms with Crippen molar-refractivity contribution in [2.45, 2.75) is 38.3 Å². The van der Waals surface area contributed by atoms with Crippen LogP contribution in [0, 0.1) is 0 Å². The molecule has 4 aromatic rings. The van der Waals surface area contributed by atoms with Crippen LogP contribution >= 0.6 is 0 Å². The largest absolute Gasteiger partial charge is 0.321 e. The molecule has 2 bridgehead atoms. The zero-order valence-corrected chi connectivity index (χ0v) is 16.1. The van der Waals surface area contributed by atoms with Gasteiger partial charge < -0.3 is 9.13 Å². The van der Waals surface area contributed by atoms with E-state index in [0.29, 0.717) is 0 Å². The predicted octanol–water partition coefficient (Wildman–Crippen LogP) is 4.86. The highest BCUT2D eigenvalue weighted by Gasteiger charge is 2.44. The molecular weight excluding hydrogens is 340 g/mol. The summed E-state index contributed by atoms with van der Waals surface area (Å²) in [4.78, 5) is 0. The summed E-state index contributed by atoms with van der Waals surface area (Å²) < 4.78 is 5.30. The van der Waals surface area contributed by atoms with Crippen molar-refractivity contribution in [2.75, 3.05) is 0 Å². The summed E-state index contributed by atoms with van der Waals surface area (Å²) in [5, 5.41) is 0. The molecule has 0 radical (unpaired) electrons. The average Bonchev–Trinajstić information content (AvgIpc) is 3.28. The number of fused-ring (bicyclic) bond motifs is 2. The van der Waals surface area contributed by atoms with Gasteiger partial charge in [0.15, 0.2) is 0 Å². The topological polar surface area (TPSA) is 9.86 Å². The van der Waals surface area contributed by atoms with Crippen LogP contribution < -0.4 is 0 Å². The highest BCUT2D eigenvalue weighted by molar-refractivity contribution is 5.53. The number of aromatic nitrogens is 2. The summed E-state index contributed by atoms with van der Waals surface area (Å²) >= 11 is 0. The van der Waals surface area contributed by atoms with E-state index in [9.17, 15) is 0 Å². The predicted molar refractivity (Wildman–Crippen MR) is 111 cm³/mol. The molecule has 1 unspecified atom stereocenters. The minimum atomic E-state index is -0.179. The summed E-state index contributed by atoms with van der Waals surface area (Å²) in [5.74, 6) is 0. The zero-order chi connectivity index (χ0) is 18.5. The molecule has 3 aliphatic rings. The second-order valence-electron chi connectivity index (χ2n) is 8.80. The highest BCUT2D eigenvalue weighted by Crippen LogP contribution is 2.46. The summed E-state index contributed by atoms with van der Waals surface area (Å²) in [6.45, 7) is 2.45. The van der Waals surface area contributed by atoms with Crippen LogP contribution in [0.4, 0.5) is 0 Å². The van der Waals surface area contributed by atoms with E-state index in [4.69, 9.17) is 0 Å². The molecule has 5 heterocycles. The third-order valence-electron chi connectivity index (χ3n) is 7.17. The maximum Gasteiger partial charge on any atom is 0.144 e. The van der Waals surface area contributed by atoms with Crippen molar-refractivity contribution in [3.8, 4) is 0 Å². The van der Waals surface area contributed by atoms with Crippen LogP contribution in [0.25, 0.3) is 0 Å². The Balaban J connectivity index is 1.66. The monoisotopic (exact) mass is 362 g/mol. The van der Waals surface area contributed by atoms with E-state index in [0.717, 1.165) is 25.7 Å². The second kappa shape index (κ2) is 4.88. The van der Waals surface area contributed by atoms with Crippen molar-refractivity contribution in [3.63, 3.8) is 0 Å². The molecule has 136 valence electrons. The van der Waals surface area contributed by atoms with E-state index in [2.05, 4.69) is 82.8 Å². The van der Waals surface area contributed by atoms with Crippen LogP contribution in [0.3, 0.4) is 0 Å². The van der Waals surface area contributed by atoms with Crippen molar-refractivity contribution in [1.29, 1.82) is 0 Å². The SMILES string of the molecule is CC12c3c4cccc3Cc3ccc(n31)Cc1ccc(n12)Cc1cccc(c1)C4. The van der Waals surface area contributed by atoms with Crippen LogP contribution in [0.2, 0.25) is 0 Å². The first-order valence-electron chi connectivity index (χ1n) is 10.3. The molecule has 0 saturated heterocycles. The average molecular weight is 362 g/mol. The van der Waals surface area contributed by atoms with Crippen molar-refractivity contribution in [2.24, 2.45) is 0 Å². The van der Waals surface area contributed by atoms with Gasteiger partial charge in [0.1, 0.15) is 5.66 Å². The zero-order valence-electron chi connectivity index (χ0n) is 16.1. The van der Waals surface area contributed by atoms with Gasteiger partial charge in [0.05, 0.1) is 0 Å². The first-order chi connectivity index (χ1) is 13.7. The number of nitrogens with zero attached hydrogens (tertiary/aromatic N) is 2. The molecule has 2 aromatic heterocycles. The van der Waals surface area contributed by atoms with Crippen molar-refractivity contribution >= 4 is 0 Å². The van der Waals surface area contributed by atoms with Gasteiger partial charge in [-0.05, 0) is 59.9 Å². The molecule has 0 saturated carbocycles. The van der Waals surface area contributed by atoms with E-state index >= 15 is 0 Å². The van der Waals surface area contributed by atoms with E-state index in [-0.39, 0.29) is 5.66 Å². The molecule has 2 nitrogen and oxygen atoms in total. The number of rotatable bonds is 0. The van der Waals surface area contributed by atoms with Gasteiger partial charge in [-0.3, -0.25) is 0 Å². The molecule has 7 rings (SSSR count). The van der Waals surface area contributed by atoms with Gasteiger partial charge in [-0.25, -0.2) is 0 Å². The molecule has 0 amide bonds. The lowest BCUT2D eigenvalue weighted by Crippen LogP contribution is -2.49. The number of hydrogen-bond acceptors (Lipinski definition) is 0. The maximum absolute atomic E-state index is 2.66. The molecule has 2 heteroatoms. The van der Waals surface area contributed by atoms with Crippen LogP contribution in [-0.4, -0.2) is 9.13 Å². The van der Waals surface area contributed by atoms with Crippen LogP contribution in [0.15, 0.2) is 66.7 Å². The lowest BCUT2D eigenvalue weighted by molar-refractivity contribution is 0.269. The van der Waals surface area contributed by atoms with E-state index < -0.39 is 0 Å². The smallest absolute Gasteiger partial charge is 0.144 e. The summed E-state index contributed by atoms with van der Waals surface area (Å²) in [5.41, 5.74) is 12.9. The summed E-state index contributed by atoms with van der Waals surface area (Å²) in [6, 6.07) is 25.6. The van der Waals surface area contributed by atoms with Gasteiger partial charge in [0, 0.05) is 47.6 Å². The molecule has 0 fully saturated rings. The fourth-order valence-corrected chi connectivity index (χ4v) is 6.26. The second-order valence-corrected chi connectivity index (χ2v) is 8.80. The summed E-state index contributed by atoms with van der Waals surface area (Å²) in [6.07, 6.45) is 4.05. The molecule has 0 aliphatic carbocycles. The molecule has 0 N–H and O–H groups in total. The standard InChI is InChI=1S/C26H22N2/c1-26-25-19-6-3-7-20(25)15-22-9-11-24(28(22)26)16-23-10-8-21(27(23)26)14-18-5-2-4-17(12-18)13-19/h2-12H,13-16H2,1H3. The van der Waals surface area contributed by atoms with E-state index in [1.165, 1.54) is 50.6 Å². The van der Waals surface area contributed by atoms with Crippen molar-refractivity contribution in [3.05, 3.63) is 117 Å². The molecular formula is C26H22N2. The molecule has 2 aromatic carbocycles. The Bertz CT molecular complexity index is 1290. The van der Waals surface area contributed by atoms with Gasteiger partial charge in [0.25, 0.3) is 0 Å². The lowest BCUT2D eigenvalue weighted by atomic mass is 9.81. The van der Waals surface area contributed by atoms with Gasteiger partial charge in [0.2, 0.25) is 0 Å². The minimum Gasteiger partial charge on any atom is -0.321 e. The Labute approximate surface area is 165 Å². The first-order valence-corrected chi connectivity index (χ1v) is 10.3. The lowest BCUT2D eigenvalue weighted by Gasteiger charge is -2.47. The van der Waals surface area contributed by atoms with Crippen molar-refractivity contribution in [1.82, 2.24) is 9.13 Å². The van der Waals surface area contributed by atoms with E-state index in [1.807, 2.05) is 0 Å². The molecule has 28 heavy (non-hydrogen) atoms. The number of hydrogen-bond donors (Lipinski definition) is 0. The third-order valence-corrected chi connectivity index (χ3v) is 7.17. The maximum atomic E-state index is 2.66. The fourth-order valence-electron chi connectivity index (χ4n) is 6.26. The Kier molecular flexibility index (Phi) is 2.61. The Morgan fingerprint density at radius 3 is 1.86 bits per heavy atom. The van der Waals surface area contributed by atoms with Gasteiger partial charge in [-0.1, -0.05) is 42.5 Å². The Morgan fingerprint density at radius 1 is 0.607 bits per heavy atom. The Hall–Kier alpha value is -3.00. The normalized spacial score (nSPS) is 20.6. The molecule has 1 atom stereocenters. The van der Waals surface area contributed by atoms with Gasteiger partial charge in [-0.2, -0.15) is 0 Å². The number of benzene rings is 2. The molecule has 3 aliphatic heterocycles. The Morgan fingerprint density at radius 2 is 1.14 bits per heavy atom. The minimum absolute atomic E-state index is 0.179. The quantitative estimate of drug-likeness (QED) is 0.372. The summed E-state index contributed by atoms with van der Waals surface area (Å²) in [7, 11) is 0. The van der Waals surface area contributed by atoms with Crippen LogP contribution in [0.1, 0.15) is 57.5 Å². The van der Waals surface area contributed by atoms with E-state index in [1.54, 1.807) is 0 Å². The van der Waals surface area contributed by atoms with Crippen LogP contribution in [-0.2, 0) is 31.3 Å². The van der Waals surface area contributed by atoms with Crippen molar-refractivity contribution < 1.29 is 0 Å². The highest BCUT2D eigenvalue weighted by atomic mass is 15.3. The molecule has 0 spiro atoms. The van der Waals surface area contributed by atoms with Crippen LogP contribution in [0.5, 0.6) is 0 Å². The first kappa shape index (κ1) is 15.0. The van der Waals surface area contributed by atoms with Gasteiger partial charge in [-0.15, -0.1) is 0 Å².